The average Bonchev–Trinajstić information content (AvgIpc) is 3.44. The van der Waals surface area contributed by atoms with Gasteiger partial charge in [0, 0.05) is 24.3 Å². The smallest absolute Gasteiger partial charge is 0.407 e. The number of ether oxygens (including phenoxy) is 1. The predicted molar refractivity (Wildman–Crippen MR) is 125 cm³/mol. The Labute approximate surface area is 199 Å². The molecule has 0 spiro atoms. The molecule has 1 atom stereocenters. The molecule has 9 nitrogen and oxygen atoms in total. The number of carboxylic acids is 1. The second kappa shape index (κ2) is 10.4. The van der Waals surface area contributed by atoms with Crippen LogP contribution in [0.25, 0.3) is 11.1 Å². The van der Waals surface area contributed by atoms with Crippen molar-refractivity contribution in [3.05, 3.63) is 75.7 Å². The van der Waals surface area contributed by atoms with E-state index in [0.717, 1.165) is 11.1 Å². The lowest BCUT2D eigenvalue weighted by Gasteiger charge is -2.14. The first kappa shape index (κ1) is 23.4. The van der Waals surface area contributed by atoms with E-state index in [2.05, 4.69) is 40.0 Å². The highest BCUT2D eigenvalue weighted by Crippen LogP contribution is 2.44. The predicted octanol–water partition coefficient (Wildman–Crippen LogP) is 3.36. The zero-order chi connectivity index (χ0) is 24.1. The molecule has 3 aromatic rings. The Kier molecular flexibility index (Phi) is 7.19. The number of nitrogens with one attached hydrogen (secondary N) is 2. The normalized spacial score (nSPS) is 13.0. The van der Waals surface area contributed by atoms with Crippen LogP contribution in [0.1, 0.15) is 39.5 Å². The molecule has 1 aliphatic rings. The van der Waals surface area contributed by atoms with Crippen LogP contribution in [-0.4, -0.2) is 47.3 Å². The number of alkyl carbamates (subject to hydrolysis) is 1. The lowest BCUT2D eigenvalue weighted by molar-refractivity contribution is -0.152. The van der Waals surface area contributed by atoms with E-state index in [4.69, 9.17) is 14.7 Å². The van der Waals surface area contributed by atoms with Gasteiger partial charge in [-0.25, -0.2) is 20.1 Å². The molecule has 0 saturated heterocycles. The molecule has 10 heteroatoms. The molecule has 4 rings (SSSR count). The molecule has 0 saturated carbocycles. The van der Waals surface area contributed by atoms with Crippen LogP contribution >= 0.6 is 11.3 Å². The monoisotopic (exact) mass is 481 g/mol. The van der Waals surface area contributed by atoms with Crippen LogP contribution in [0.15, 0.2) is 53.9 Å². The molecule has 34 heavy (non-hydrogen) atoms. The maximum absolute atomic E-state index is 12.3. The fourth-order valence-corrected chi connectivity index (χ4v) is 4.47. The minimum atomic E-state index is -1.20. The van der Waals surface area contributed by atoms with Gasteiger partial charge in [0.1, 0.15) is 12.3 Å². The Balaban J connectivity index is 1.24. The van der Waals surface area contributed by atoms with Crippen LogP contribution in [0, 0.1) is 0 Å². The number of hydrogen-bond acceptors (Lipinski definition) is 7. The zero-order valence-corrected chi connectivity index (χ0v) is 19.1. The molecule has 2 aromatic carbocycles. The van der Waals surface area contributed by atoms with Crippen molar-refractivity contribution in [3.63, 3.8) is 0 Å². The van der Waals surface area contributed by atoms with Gasteiger partial charge in [0.25, 0.3) is 5.91 Å². The Morgan fingerprint density at radius 3 is 2.38 bits per heavy atom. The summed E-state index contributed by atoms with van der Waals surface area (Å²) in [6, 6.07) is 16.3. The molecule has 1 unspecified atom stereocenters. The zero-order valence-electron chi connectivity index (χ0n) is 18.3. The summed E-state index contributed by atoms with van der Waals surface area (Å²) in [4.78, 5) is 43.9. The van der Waals surface area contributed by atoms with Crippen molar-refractivity contribution in [1.82, 2.24) is 15.8 Å². The quantitative estimate of drug-likeness (QED) is 0.400. The van der Waals surface area contributed by atoms with Crippen LogP contribution in [0.3, 0.4) is 0 Å². The Morgan fingerprint density at radius 2 is 1.74 bits per heavy atom. The van der Waals surface area contributed by atoms with E-state index in [-0.39, 0.29) is 24.8 Å². The highest BCUT2D eigenvalue weighted by Gasteiger charge is 2.29. The Morgan fingerprint density at radius 1 is 1.09 bits per heavy atom. The first-order valence-electron chi connectivity index (χ1n) is 10.7. The van der Waals surface area contributed by atoms with E-state index < -0.39 is 24.1 Å². The average molecular weight is 482 g/mol. The molecule has 0 radical (unpaired) electrons. The van der Waals surface area contributed by atoms with Crippen LogP contribution in [0.4, 0.5) is 4.79 Å². The van der Waals surface area contributed by atoms with Gasteiger partial charge in [0.2, 0.25) is 0 Å². The van der Waals surface area contributed by atoms with E-state index in [1.54, 1.807) is 0 Å². The van der Waals surface area contributed by atoms with E-state index in [1.807, 2.05) is 24.3 Å². The van der Waals surface area contributed by atoms with E-state index >= 15 is 0 Å². The third-order valence-corrected chi connectivity index (χ3v) is 6.32. The van der Waals surface area contributed by atoms with Crippen molar-refractivity contribution in [2.75, 3.05) is 13.2 Å². The first-order chi connectivity index (χ1) is 16.4. The number of rotatable bonds is 9. The summed E-state index contributed by atoms with van der Waals surface area (Å²) in [5, 5.41) is 13.6. The molecule has 0 aliphatic heterocycles. The fourth-order valence-electron chi connectivity index (χ4n) is 3.70. The lowest BCUT2D eigenvalue weighted by Crippen LogP contribution is -2.32. The Bertz CT molecular complexity index is 1170. The van der Waals surface area contributed by atoms with Crippen molar-refractivity contribution < 1.29 is 29.1 Å². The van der Waals surface area contributed by atoms with Gasteiger partial charge >= 0.3 is 12.1 Å². The van der Waals surface area contributed by atoms with E-state index in [0.29, 0.717) is 11.4 Å². The lowest BCUT2D eigenvalue weighted by atomic mass is 9.98. The van der Waals surface area contributed by atoms with Gasteiger partial charge in [0.05, 0.1) is 5.01 Å². The van der Waals surface area contributed by atoms with Gasteiger partial charge < -0.3 is 15.2 Å². The number of hydrogen-bond donors (Lipinski definition) is 3. The number of carbonyl (C=O) groups excluding carboxylic acids is 2. The van der Waals surface area contributed by atoms with Crippen molar-refractivity contribution in [3.8, 4) is 11.1 Å². The maximum Gasteiger partial charge on any atom is 0.407 e. The standard InChI is InChI=1S/C24H23N3O6S/c1-14(23(29)30)33-27-22(28)20-13-34-21(26-20)10-11-25-24(31)32-12-19-17-8-4-2-6-15(17)16-7-3-5-9-18(16)19/h2-9,13-14,19H,10-12H2,1H3,(H,25,31)(H,27,28)(H,29,30). The summed E-state index contributed by atoms with van der Waals surface area (Å²) < 4.78 is 5.50. The molecule has 0 bridgehead atoms. The number of carbonyl (C=O) groups is 3. The van der Waals surface area contributed by atoms with Gasteiger partial charge in [0.15, 0.2) is 6.10 Å². The van der Waals surface area contributed by atoms with Crippen molar-refractivity contribution >= 4 is 29.3 Å². The summed E-state index contributed by atoms with van der Waals surface area (Å²) in [6.45, 7) is 1.82. The first-order valence-corrected chi connectivity index (χ1v) is 11.5. The largest absolute Gasteiger partial charge is 0.479 e. The second-order valence-electron chi connectivity index (χ2n) is 7.66. The minimum Gasteiger partial charge on any atom is -0.479 e. The summed E-state index contributed by atoms with van der Waals surface area (Å²) in [6.07, 6.45) is -1.29. The number of amides is 2. The SMILES string of the molecule is CC(ONC(=O)c1csc(CCNC(=O)OCC2c3ccccc3-c3ccccc32)n1)C(=O)O. The van der Waals surface area contributed by atoms with Crippen LogP contribution in [0.5, 0.6) is 0 Å². The number of hydroxylamine groups is 1. The van der Waals surface area contributed by atoms with Gasteiger partial charge in [-0.2, -0.15) is 0 Å². The second-order valence-corrected chi connectivity index (χ2v) is 8.60. The highest BCUT2D eigenvalue weighted by atomic mass is 32.1. The van der Waals surface area contributed by atoms with Crippen LogP contribution in [-0.2, 0) is 20.8 Å². The van der Waals surface area contributed by atoms with E-state index in [9.17, 15) is 14.4 Å². The molecule has 1 aromatic heterocycles. The van der Waals surface area contributed by atoms with Gasteiger partial charge in [-0.1, -0.05) is 48.5 Å². The number of nitrogens with zero attached hydrogens (tertiary/aromatic N) is 1. The summed E-state index contributed by atoms with van der Waals surface area (Å²) in [5.41, 5.74) is 6.79. The summed E-state index contributed by atoms with van der Waals surface area (Å²) in [7, 11) is 0. The van der Waals surface area contributed by atoms with Gasteiger partial charge in [-0.3, -0.25) is 9.63 Å². The molecule has 1 aliphatic carbocycles. The maximum atomic E-state index is 12.3. The van der Waals surface area contributed by atoms with Gasteiger partial charge in [-0.05, 0) is 29.2 Å². The van der Waals surface area contributed by atoms with Crippen molar-refractivity contribution in [2.45, 2.75) is 25.4 Å². The summed E-state index contributed by atoms with van der Waals surface area (Å²) >= 11 is 1.25. The molecule has 2 amide bonds. The Hall–Kier alpha value is -3.76. The number of thiazole rings is 1. The minimum absolute atomic E-state index is 0.00996. The molecular formula is C24H23N3O6S. The third-order valence-electron chi connectivity index (χ3n) is 5.41. The van der Waals surface area contributed by atoms with Gasteiger partial charge in [-0.15, -0.1) is 11.3 Å². The fraction of sp³-hybridized carbons (Fsp3) is 0.250. The van der Waals surface area contributed by atoms with Crippen molar-refractivity contribution in [1.29, 1.82) is 0 Å². The molecule has 0 fully saturated rings. The van der Waals surface area contributed by atoms with E-state index in [1.165, 1.54) is 34.8 Å². The van der Waals surface area contributed by atoms with Crippen molar-refractivity contribution in [2.24, 2.45) is 0 Å². The number of benzene rings is 2. The molecule has 176 valence electrons. The molecular weight excluding hydrogens is 458 g/mol. The number of aromatic nitrogens is 1. The number of aliphatic carboxylic acids is 1. The highest BCUT2D eigenvalue weighted by molar-refractivity contribution is 7.09. The topological polar surface area (TPSA) is 127 Å². The summed E-state index contributed by atoms with van der Waals surface area (Å²) in [5.74, 6) is -1.84. The number of fused-ring (bicyclic) bond motifs is 3. The van der Waals surface area contributed by atoms with Crippen LogP contribution in [0.2, 0.25) is 0 Å². The van der Waals surface area contributed by atoms with Crippen LogP contribution < -0.4 is 10.8 Å². The third kappa shape index (κ3) is 5.24. The molecule has 1 heterocycles. The number of carboxylic acid groups (broad SMARTS) is 1. The molecule has 3 N–H and O–H groups in total.